The molecule has 1 amide bonds. The smallest absolute Gasteiger partial charge is 0.328 e. The van der Waals surface area contributed by atoms with E-state index in [4.69, 9.17) is 10.5 Å². The zero-order valence-corrected chi connectivity index (χ0v) is 10.8. The van der Waals surface area contributed by atoms with E-state index >= 15 is 0 Å². The molecule has 1 saturated heterocycles. The molecule has 1 aliphatic heterocycles. The van der Waals surface area contributed by atoms with E-state index < -0.39 is 6.04 Å². The predicted octanol–water partition coefficient (Wildman–Crippen LogP) is 0.318. The Labute approximate surface area is 111 Å². The number of nitrogens with two attached hydrogens (primary N) is 1. The van der Waals surface area contributed by atoms with Crippen molar-refractivity contribution in [2.75, 3.05) is 13.7 Å². The Kier molecular flexibility index (Phi) is 4.11. The van der Waals surface area contributed by atoms with Crippen LogP contribution >= 0.6 is 0 Å². The van der Waals surface area contributed by atoms with Crippen molar-refractivity contribution in [2.45, 2.75) is 25.4 Å². The van der Waals surface area contributed by atoms with Crippen molar-refractivity contribution in [1.29, 1.82) is 0 Å². The molecule has 0 saturated carbocycles. The maximum atomic E-state index is 12.4. The van der Waals surface area contributed by atoms with Crippen LogP contribution in [0, 0.1) is 0 Å². The summed E-state index contributed by atoms with van der Waals surface area (Å²) < 4.78 is 4.73. The highest BCUT2D eigenvalue weighted by Gasteiger charge is 2.35. The molecule has 2 N–H and O–H groups in total. The fraction of sp³-hybridized carbons (Fsp3) is 0.462. The fourth-order valence-electron chi connectivity index (χ4n) is 2.28. The maximum Gasteiger partial charge on any atom is 0.328 e. The Morgan fingerprint density at radius 1 is 1.58 bits per heavy atom. The minimum atomic E-state index is -0.480. The second kappa shape index (κ2) is 5.79. The second-order valence-corrected chi connectivity index (χ2v) is 4.42. The number of amides is 1. The number of nitrogens with zero attached hydrogens (tertiary/aromatic N) is 2. The number of hydrogen-bond donors (Lipinski definition) is 1. The Hall–Kier alpha value is -1.95. The number of ether oxygens (including phenoxy) is 1. The summed E-state index contributed by atoms with van der Waals surface area (Å²) in [5, 5.41) is 0. The van der Waals surface area contributed by atoms with Crippen molar-refractivity contribution in [1.82, 2.24) is 9.88 Å². The van der Waals surface area contributed by atoms with Gasteiger partial charge in [0.2, 0.25) is 0 Å². The summed E-state index contributed by atoms with van der Waals surface area (Å²) in [4.78, 5) is 29.6. The molecule has 2 rings (SSSR count). The average Bonchev–Trinajstić information content (AvgIpc) is 2.95. The molecule has 102 valence electrons. The van der Waals surface area contributed by atoms with Gasteiger partial charge < -0.3 is 15.4 Å². The van der Waals surface area contributed by atoms with Crippen LogP contribution in [-0.4, -0.2) is 41.5 Å². The van der Waals surface area contributed by atoms with E-state index in [1.54, 1.807) is 23.2 Å². The van der Waals surface area contributed by atoms with E-state index in [1.165, 1.54) is 7.11 Å². The number of pyridine rings is 1. The van der Waals surface area contributed by atoms with E-state index in [-0.39, 0.29) is 18.4 Å². The Bertz CT molecular complexity index is 490. The van der Waals surface area contributed by atoms with Crippen LogP contribution in [0.25, 0.3) is 0 Å². The molecule has 6 heteroatoms. The van der Waals surface area contributed by atoms with Gasteiger partial charge >= 0.3 is 5.97 Å². The van der Waals surface area contributed by atoms with Gasteiger partial charge in [0.15, 0.2) is 0 Å². The summed E-state index contributed by atoms with van der Waals surface area (Å²) >= 11 is 0. The molecular formula is C13H17N3O3. The molecule has 19 heavy (non-hydrogen) atoms. The molecule has 1 fully saturated rings. The highest BCUT2D eigenvalue weighted by Crippen LogP contribution is 2.21. The quantitative estimate of drug-likeness (QED) is 0.794. The van der Waals surface area contributed by atoms with Crippen molar-refractivity contribution >= 4 is 11.9 Å². The van der Waals surface area contributed by atoms with E-state index in [0.29, 0.717) is 24.2 Å². The third-order valence-corrected chi connectivity index (χ3v) is 3.26. The number of methoxy groups -OCH3 is 1. The molecule has 0 aliphatic carbocycles. The lowest BCUT2D eigenvalue weighted by atomic mass is 10.1. The first-order valence-corrected chi connectivity index (χ1v) is 6.21. The minimum absolute atomic E-state index is 0.176. The molecule has 1 aromatic rings. The lowest BCUT2D eigenvalue weighted by molar-refractivity contribution is -0.145. The van der Waals surface area contributed by atoms with Gasteiger partial charge in [-0.1, -0.05) is 0 Å². The molecule has 1 aliphatic rings. The number of hydrogen-bond acceptors (Lipinski definition) is 5. The van der Waals surface area contributed by atoms with Crippen LogP contribution < -0.4 is 5.73 Å². The predicted molar refractivity (Wildman–Crippen MR) is 68.2 cm³/mol. The van der Waals surface area contributed by atoms with Crippen molar-refractivity contribution in [3.8, 4) is 0 Å². The van der Waals surface area contributed by atoms with Gasteiger partial charge in [-0.2, -0.15) is 0 Å². The molecule has 0 spiro atoms. The maximum absolute atomic E-state index is 12.4. The molecule has 2 heterocycles. The first-order chi connectivity index (χ1) is 9.17. The van der Waals surface area contributed by atoms with E-state index in [2.05, 4.69) is 4.98 Å². The number of aromatic nitrogens is 1. The SMILES string of the molecule is COC(=O)C1CCCN1C(=O)c1ccnc(CN)c1. The van der Waals surface area contributed by atoms with Crippen molar-refractivity contribution in [3.05, 3.63) is 29.6 Å². The third kappa shape index (κ3) is 2.73. The number of carbonyl (C=O) groups excluding carboxylic acids is 2. The van der Waals surface area contributed by atoms with Gasteiger partial charge in [-0.05, 0) is 25.0 Å². The van der Waals surface area contributed by atoms with Crippen LogP contribution in [0.3, 0.4) is 0 Å². The van der Waals surface area contributed by atoms with Crippen LogP contribution in [0.2, 0.25) is 0 Å². The van der Waals surface area contributed by atoms with Crippen LogP contribution in [0.5, 0.6) is 0 Å². The lowest BCUT2D eigenvalue weighted by Crippen LogP contribution is -2.41. The zero-order chi connectivity index (χ0) is 13.8. The van der Waals surface area contributed by atoms with E-state index in [0.717, 1.165) is 6.42 Å². The largest absolute Gasteiger partial charge is 0.467 e. The summed E-state index contributed by atoms with van der Waals surface area (Å²) in [6.45, 7) is 0.848. The summed E-state index contributed by atoms with van der Waals surface area (Å²) in [5.41, 5.74) is 6.67. The Morgan fingerprint density at radius 2 is 2.37 bits per heavy atom. The van der Waals surface area contributed by atoms with E-state index in [1.807, 2.05) is 0 Å². The highest BCUT2D eigenvalue weighted by atomic mass is 16.5. The van der Waals surface area contributed by atoms with Crippen molar-refractivity contribution < 1.29 is 14.3 Å². The van der Waals surface area contributed by atoms with Crippen LogP contribution in [0.15, 0.2) is 18.3 Å². The molecule has 1 aromatic heterocycles. The first kappa shape index (κ1) is 13.5. The van der Waals surface area contributed by atoms with Crippen LogP contribution in [-0.2, 0) is 16.1 Å². The van der Waals surface area contributed by atoms with Gasteiger partial charge in [-0.15, -0.1) is 0 Å². The van der Waals surface area contributed by atoms with Crippen molar-refractivity contribution in [2.24, 2.45) is 5.73 Å². The van der Waals surface area contributed by atoms with Crippen molar-refractivity contribution in [3.63, 3.8) is 0 Å². The minimum Gasteiger partial charge on any atom is -0.467 e. The first-order valence-electron chi connectivity index (χ1n) is 6.21. The normalized spacial score (nSPS) is 18.4. The standard InChI is InChI=1S/C13H17N3O3/c1-19-13(18)11-3-2-6-16(11)12(17)9-4-5-15-10(7-9)8-14/h4-5,7,11H,2-3,6,8,14H2,1H3. The topological polar surface area (TPSA) is 85.5 Å². The van der Waals surface area contributed by atoms with Gasteiger partial charge in [0, 0.05) is 24.8 Å². The van der Waals surface area contributed by atoms with Crippen LogP contribution in [0.4, 0.5) is 0 Å². The number of carbonyl (C=O) groups is 2. The highest BCUT2D eigenvalue weighted by molar-refractivity contribution is 5.97. The van der Waals surface area contributed by atoms with Gasteiger partial charge in [0.25, 0.3) is 5.91 Å². The average molecular weight is 263 g/mol. The molecule has 1 unspecified atom stereocenters. The lowest BCUT2D eigenvalue weighted by Gasteiger charge is -2.22. The summed E-state index contributed by atoms with van der Waals surface area (Å²) in [7, 11) is 1.34. The van der Waals surface area contributed by atoms with Gasteiger partial charge in [-0.3, -0.25) is 9.78 Å². The third-order valence-electron chi connectivity index (χ3n) is 3.26. The van der Waals surface area contributed by atoms with Gasteiger partial charge in [0.1, 0.15) is 6.04 Å². The number of likely N-dealkylation sites (tertiary alicyclic amines) is 1. The molecule has 0 bridgehead atoms. The molecule has 0 radical (unpaired) electrons. The second-order valence-electron chi connectivity index (χ2n) is 4.42. The molecule has 0 aromatic carbocycles. The number of rotatable bonds is 3. The molecule has 1 atom stereocenters. The monoisotopic (exact) mass is 263 g/mol. The Morgan fingerprint density at radius 3 is 3.05 bits per heavy atom. The number of esters is 1. The molecule has 6 nitrogen and oxygen atoms in total. The Balaban J connectivity index is 2.20. The van der Waals surface area contributed by atoms with Gasteiger partial charge in [0.05, 0.1) is 12.8 Å². The van der Waals surface area contributed by atoms with E-state index in [9.17, 15) is 9.59 Å². The summed E-state index contributed by atoms with van der Waals surface area (Å²) in [6.07, 6.45) is 3.01. The van der Waals surface area contributed by atoms with Gasteiger partial charge in [-0.25, -0.2) is 4.79 Å². The fourth-order valence-corrected chi connectivity index (χ4v) is 2.28. The summed E-state index contributed by atoms with van der Waals surface area (Å²) in [6, 6.07) is 2.82. The zero-order valence-electron chi connectivity index (χ0n) is 10.8. The summed E-state index contributed by atoms with van der Waals surface area (Å²) in [5.74, 6) is -0.538. The van der Waals surface area contributed by atoms with Crippen LogP contribution in [0.1, 0.15) is 28.9 Å². The molecular weight excluding hydrogens is 246 g/mol.